The van der Waals surface area contributed by atoms with Gasteiger partial charge in [-0.05, 0) is 55.0 Å². The molecule has 1 aliphatic rings. The van der Waals surface area contributed by atoms with Gasteiger partial charge < -0.3 is 15.2 Å². The highest BCUT2D eigenvalue weighted by Crippen LogP contribution is 2.38. The summed E-state index contributed by atoms with van der Waals surface area (Å²) in [5, 5.41) is 18.5. The number of amides is 2. The maximum absolute atomic E-state index is 12.5. The number of carbonyl (C=O) groups is 3. The molecule has 1 aliphatic carbocycles. The molecule has 1 aromatic heterocycles. The molecule has 0 aliphatic heterocycles. The molecule has 2 amide bonds. The zero-order valence-electron chi connectivity index (χ0n) is 18.0. The Labute approximate surface area is 194 Å². The monoisotopic (exact) mass is 465 g/mol. The van der Waals surface area contributed by atoms with E-state index in [4.69, 9.17) is 4.74 Å². The van der Waals surface area contributed by atoms with Gasteiger partial charge in [-0.25, -0.2) is 10.2 Å². The van der Waals surface area contributed by atoms with Crippen LogP contribution in [-0.4, -0.2) is 35.7 Å². The number of nitrogens with one attached hydrogen (secondary N) is 2. The lowest BCUT2D eigenvalue weighted by molar-refractivity contribution is -0.136. The molecular weight excluding hydrogens is 442 g/mol. The average Bonchev–Trinajstić information content (AvgIpc) is 3.18. The van der Waals surface area contributed by atoms with E-state index >= 15 is 0 Å². The van der Waals surface area contributed by atoms with Crippen molar-refractivity contribution in [3.8, 4) is 5.75 Å². The summed E-state index contributed by atoms with van der Waals surface area (Å²) in [5.74, 6) is -2.44. The summed E-state index contributed by atoms with van der Waals surface area (Å²) in [6.45, 7) is 1.93. The van der Waals surface area contributed by atoms with Gasteiger partial charge in [0.25, 0.3) is 0 Å². The van der Waals surface area contributed by atoms with Crippen molar-refractivity contribution >= 4 is 51.1 Å². The molecule has 170 valence electrons. The number of phenolic OH excluding ortho intramolecular Hbond substituents is 1. The number of ether oxygens (including phenoxy) is 1. The minimum atomic E-state index is -0.993. The fraction of sp³-hybridized carbons (Fsp3) is 0.250. The number of hydrazone groups is 1. The van der Waals surface area contributed by atoms with Crippen LogP contribution in [0.25, 0.3) is 10.8 Å². The number of nitrogens with zero attached hydrogens (tertiary/aromatic N) is 1. The number of fused-ring (bicyclic) bond motifs is 2. The average molecular weight is 466 g/mol. The molecule has 8 nitrogen and oxygen atoms in total. The normalized spacial score (nSPS) is 13.0. The SMILES string of the molecule is CCOC(=O)c1c(NC(=O)C(=O)N/N=C\c2c(O)ccc3ccccc23)sc2c1CCCC2. The first-order chi connectivity index (χ1) is 16.0. The van der Waals surface area contributed by atoms with E-state index < -0.39 is 17.8 Å². The van der Waals surface area contributed by atoms with Gasteiger partial charge in [0.2, 0.25) is 0 Å². The summed E-state index contributed by atoms with van der Waals surface area (Å²) in [6.07, 6.45) is 4.82. The Bertz CT molecular complexity index is 1260. The lowest BCUT2D eigenvalue weighted by Gasteiger charge is -2.12. The molecule has 0 bridgehead atoms. The number of esters is 1. The summed E-state index contributed by atoms with van der Waals surface area (Å²) in [6, 6.07) is 10.7. The number of thiophene rings is 1. The minimum absolute atomic E-state index is 0.000560. The molecule has 3 aromatic rings. The van der Waals surface area contributed by atoms with Crippen LogP contribution in [0.5, 0.6) is 5.75 Å². The molecule has 33 heavy (non-hydrogen) atoms. The second-order valence-corrected chi connectivity index (χ2v) is 8.61. The summed E-state index contributed by atoms with van der Waals surface area (Å²) in [7, 11) is 0. The number of anilines is 1. The van der Waals surface area contributed by atoms with Crippen LogP contribution >= 0.6 is 11.3 Å². The van der Waals surface area contributed by atoms with E-state index in [1.807, 2.05) is 24.3 Å². The van der Waals surface area contributed by atoms with Crippen molar-refractivity contribution in [1.29, 1.82) is 0 Å². The van der Waals surface area contributed by atoms with Gasteiger partial charge in [-0.15, -0.1) is 11.3 Å². The zero-order valence-corrected chi connectivity index (χ0v) is 18.8. The highest BCUT2D eigenvalue weighted by Gasteiger charge is 2.28. The molecule has 2 aromatic carbocycles. The van der Waals surface area contributed by atoms with Crippen molar-refractivity contribution in [2.45, 2.75) is 32.6 Å². The molecule has 9 heteroatoms. The van der Waals surface area contributed by atoms with E-state index in [0.29, 0.717) is 16.1 Å². The maximum Gasteiger partial charge on any atom is 0.341 e. The third kappa shape index (κ3) is 4.73. The lowest BCUT2D eigenvalue weighted by Crippen LogP contribution is -2.32. The topological polar surface area (TPSA) is 117 Å². The summed E-state index contributed by atoms with van der Waals surface area (Å²) < 4.78 is 5.16. The Kier molecular flexibility index (Phi) is 6.69. The standard InChI is InChI=1S/C24H23N3O5S/c1-2-32-24(31)20-16-9-5-6-10-19(16)33-23(20)26-21(29)22(30)27-25-13-17-15-8-4-3-7-14(15)11-12-18(17)28/h3-4,7-8,11-13,28H,2,5-6,9-10H2,1H3,(H,26,29)(H,27,30)/b25-13-. The van der Waals surface area contributed by atoms with Crippen LogP contribution in [-0.2, 0) is 27.2 Å². The van der Waals surface area contributed by atoms with E-state index in [-0.39, 0.29) is 12.4 Å². The number of phenols is 1. The molecule has 0 spiro atoms. The summed E-state index contributed by atoms with van der Waals surface area (Å²) >= 11 is 1.30. The van der Waals surface area contributed by atoms with Crippen molar-refractivity contribution in [1.82, 2.24) is 5.43 Å². The molecule has 0 saturated heterocycles. The molecule has 0 atom stereocenters. The van der Waals surface area contributed by atoms with E-state index in [1.165, 1.54) is 23.6 Å². The first kappa shape index (κ1) is 22.5. The van der Waals surface area contributed by atoms with Crippen molar-refractivity contribution in [3.63, 3.8) is 0 Å². The van der Waals surface area contributed by atoms with Crippen LogP contribution in [0.2, 0.25) is 0 Å². The predicted octanol–water partition coefficient (Wildman–Crippen LogP) is 3.75. The van der Waals surface area contributed by atoms with E-state index in [9.17, 15) is 19.5 Å². The van der Waals surface area contributed by atoms with Gasteiger partial charge in [0.15, 0.2) is 0 Å². The second-order valence-electron chi connectivity index (χ2n) is 7.51. The highest BCUT2D eigenvalue weighted by atomic mass is 32.1. The number of benzene rings is 2. The number of aromatic hydroxyl groups is 1. The van der Waals surface area contributed by atoms with Gasteiger partial charge in [-0.3, -0.25) is 9.59 Å². The van der Waals surface area contributed by atoms with Crippen LogP contribution < -0.4 is 10.7 Å². The molecule has 1 heterocycles. The number of rotatable bonds is 5. The molecule has 0 radical (unpaired) electrons. The lowest BCUT2D eigenvalue weighted by atomic mass is 9.95. The Morgan fingerprint density at radius 3 is 2.73 bits per heavy atom. The molecule has 4 rings (SSSR count). The minimum Gasteiger partial charge on any atom is -0.507 e. The van der Waals surface area contributed by atoms with Crippen LogP contribution in [0.3, 0.4) is 0 Å². The number of aryl methyl sites for hydroxylation is 1. The highest BCUT2D eigenvalue weighted by molar-refractivity contribution is 7.17. The Hall–Kier alpha value is -3.72. The molecule has 0 saturated carbocycles. The van der Waals surface area contributed by atoms with Gasteiger partial charge >= 0.3 is 17.8 Å². The van der Waals surface area contributed by atoms with E-state index in [2.05, 4.69) is 15.8 Å². The predicted molar refractivity (Wildman–Crippen MR) is 127 cm³/mol. The van der Waals surface area contributed by atoms with Crippen molar-refractivity contribution in [2.75, 3.05) is 11.9 Å². The van der Waals surface area contributed by atoms with Crippen LogP contribution in [0.1, 0.15) is 46.1 Å². The van der Waals surface area contributed by atoms with Crippen molar-refractivity contribution in [2.24, 2.45) is 5.10 Å². The summed E-state index contributed by atoms with van der Waals surface area (Å²) in [4.78, 5) is 38.3. The quantitative estimate of drug-likeness (QED) is 0.230. The van der Waals surface area contributed by atoms with Gasteiger partial charge in [-0.2, -0.15) is 5.10 Å². The van der Waals surface area contributed by atoms with Crippen molar-refractivity contribution in [3.05, 3.63) is 58.0 Å². The number of hydrogen-bond donors (Lipinski definition) is 3. The number of hydrogen-bond acceptors (Lipinski definition) is 7. The van der Waals surface area contributed by atoms with Crippen LogP contribution in [0, 0.1) is 0 Å². The van der Waals surface area contributed by atoms with Gasteiger partial charge in [0.05, 0.1) is 18.4 Å². The first-order valence-electron chi connectivity index (χ1n) is 10.7. The Balaban J connectivity index is 1.49. The molecule has 3 N–H and O–H groups in total. The fourth-order valence-corrected chi connectivity index (χ4v) is 5.13. The van der Waals surface area contributed by atoms with Crippen LogP contribution in [0.15, 0.2) is 41.5 Å². The van der Waals surface area contributed by atoms with Crippen molar-refractivity contribution < 1.29 is 24.2 Å². The second kappa shape index (κ2) is 9.83. The largest absolute Gasteiger partial charge is 0.507 e. The van der Waals surface area contributed by atoms with E-state index in [0.717, 1.165) is 46.9 Å². The third-order valence-corrected chi connectivity index (χ3v) is 6.60. The zero-order chi connectivity index (χ0) is 23.4. The molecular formula is C24H23N3O5S. The fourth-order valence-electron chi connectivity index (χ4n) is 3.86. The molecule has 0 fully saturated rings. The number of carbonyl (C=O) groups excluding carboxylic acids is 3. The maximum atomic E-state index is 12.5. The third-order valence-electron chi connectivity index (χ3n) is 5.39. The van der Waals surface area contributed by atoms with Gasteiger partial charge in [0.1, 0.15) is 10.8 Å². The van der Waals surface area contributed by atoms with Gasteiger partial charge in [-0.1, -0.05) is 30.3 Å². The Morgan fingerprint density at radius 2 is 1.91 bits per heavy atom. The van der Waals surface area contributed by atoms with Gasteiger partial charge in [0, 0.05) is 10.4 Å². The first-order valence-corrected chi connectivity index (χ1v) is 11.5. The summed E-state index contributed by atoms with van der Waals surface area (Å²) in [5.41, 5.74) is 3.82. The smallest absolute Gasteiger partial charge is 0.341 e. The molecule has 0 unspecified atom stereocenters. The van der Waals surface area contributed by atoms with E-state index in [1.54, 1.807) is 13.0 Å². The Morgan fingerprint density at radius 1 is 1.12 bits per heavy atom. The van der Waals surface area contributed by atoms with Crippen LogP contribution in [0.4, 0.5) is 5.00 Å².